The van der Waals surface area contributed by atoms with Crippen LogP contribution in [0.3, 0.4) is 0 Å². The van der Waals surface area contributed by atoms with Gasteiger partial charge in [-0.15, -0.1) is 0 Å². The van der Waals surface area contributed by atoms with E-state index in [4.69, 9.17) is 9.15 Å². The third kappa shape index (κ3) is 4.90. The summed E-state index contributed by atoms with van der Waals surface area (Å²) in [5.41, 5.74) is 0.825. The molecule has 0 saturated heterocycles. The number of halogens is 1. The SMILES string of the molecule is Cc1cc(F)ccc1OCc1ccc(CNC(C)(C)C)o1. The Morgan fingerprint density at radius 2 is 1.86 bits per heavy atom. The van der Waals surface area contributed by atoms with Crippen LogP contribution in [0.5, 0.6) is 5.75 Å². The van der Waals surface area contributed by atoms with Crippen molar-refractivity contribution in [3.8, 4) is 5.75 Å². The number of nitrogens with one attached hydrogen (secondary N) is 1. The highest BCUT2D eigenvalue weighted by molar-refractivity contribution is 5.32. The van der Waals surface area contributed by atoms with Crippen molar-refractivity contribution in [3.63, 3.8) is 0 Å². The summed E-state index contributed by atoms with van der Waals surface area (Å²) in [5, 5.41) is 3.36. The molecule has 0 radical (unpaired) electrons. The van der Waals surface area contributed by atoms with Gasteiger partial charge in [-0.05, 0) is 63.6 Å². The lowest BCUT2D eigenvalue weighted by Crippen LogP contribution is -2.34. The number of furan rings is 1. The maximum atomic E-state index is 13.0. The van der Waals surface area contributed by atoms with Crippen molar-refractivity contribution in [3.05, 3.63) is 53.2 Å². The minimum absolute atomic E-state index is 0.0503. The number of benzene rings is 1. The molecule has 1 heterocycles. The first-order valence-corrected chi connectivity index (χ1v) is 7.05. The van der Waals surface area contributed by atoms with E-state index in [2.05, 4.69) is 26.1 Å². The van der Waals surface area contributed by atoms with Crippen LogP contribution in [0.2, 0.25) is 0 Å². The third-order valence-electron chi connectivity index (χ3n) is 3.02. The van der Waals surface area contributed by atoms with Gasteiger partial charge in [0.15, 0.2) is 0 Å². The second kappa shape index (κ2) is 6.31. The van der Waals surface area contributed by atoms with E-state index in [1.54, 1.807) is 6.07 Å². The lowest BCUT2D eigenvalue weighted by Gasteiger charge is -2.19. The first-order valence-electron chi connectivity index (χ1n) is 7.05. The second-order valence-corrected chi connectivity index (χ2v) is 6.17. The molecule has 0 aliphatic carbocycles. The van der Waals surface area contributed by atoms with E-state index in [9.17, 15) is 4.39 Å². The number of hydrogen-bond donors (Lipinski definition) is 1. The van der Waals surface area contributed by atoms with Crippen LogP contribution in [0.25, 0.3) is 0 Å². The maximum absolute atomic E-state index is 13.0. The fraction of sp³-hybridized carbons (Fsp3) is 0.412. The van der Waals surface area contributed by atoms with E-state index < -0.39 is 0 Å². The van der Waals surface area contributed by atoms with Crippen LogP contribution >= 0.6 is 0 Å². The fourth-order valence-electron chi connectivity index (χ4n) is 1.87. The van der Waals surface area contributed by atoms with Crippen LogP contribution in [0.1, 0.15) is 37.9 Å². The van der Waals surface area contributed by atoms with E-state index in [1.165, 1.54) is 12.1 Å². The van der Waals surface area contributed by atoms with Gasteiger partial charge in [0.2, 0.25) is 0 Å². The molecule has 3 nitrogen and oxygen atoms in total. The van der Waals surface area contributed by atoms with Gasteiger partial charge in [-0.1, -0.05) is 0 Å². The monoisotopic (exact) mass is 291 g/mol. The zero-order valence-electron chi connectivity index (χ0n) is 13.0. The van der Waals surface area contributed by atoms with E-state index in [0.29, 0.717) is 18.9 Å². The van der Waals surface area contributed by atoms with Crippen molar-refractivity contribution in [1.29, 1.82) is 0 Å². The third-order valence-corrected chi connectivity index (χ3v) is 3.02. The Hall–Kier alpha value is -1.81. The zero-order valence-corrected chi connectivity index (χ0v) is 13.0. The normalized spacial score (nSPS) is 11.7. The fourth-order valence-corrected chi connectivity index (χ4v) is 1.87. The molecule has 0 amide bonds. The van der Waals surface area contributed by atoms with Crippen molar-refractivity contribution < 1.29 is 13.5 Å². The van der Waals surface area contributed by atoms with Gasteiger partial charge in [0.25, 0.3) is 0 Å². The van der Waals surface area contributed by atoms with E-state index >= 15 is 0 Å². The Balaban J connectivity index is 1.90. The molecule has 2 aromatic rings. The number of aryl methyl sites for hydroxylation is 1. The minimum atomic E-state index is -0.256. The van der Waals surface area contributed by atoms with Gasteiger partial charge >= 0.3 is 0 Å². The highest BCUT2D eigenvalue weighted by Gasteiger charge is 2.10. The molecule has 4 heteroatoms. The van der Waals surface area contributed by atoms with Gasteiger partial charge in [-0.3, -0.25) is 0 Å². The van der Waals surface area contributed by atoms with Crippen LogP contribution < -0.4 is 10.1 Å². The van der Waals surface area contributed by atoms with Gasteiger partial charge in [-0.2, -0.15) is 0 Å². The summed E-state index contributed by atoms with van der Waals surface area (Å²) in [4.78, 5) is 0. The Morgan fingerprint density at radius 3 is 2.52 bits per heavy atom. The minimum Gasteiger partial charge on any atom is -0.485 e. The topological polar surface area (TPSA) is 34.4 Å². The summed E-state index contributed by atoms with van der Waals surface area (Å²) in [6.45, 7) is 9.16. The lowest BCUT2D eigenvalue weighted by molar-refractivity contribution is 0.261. The molecule has 0 atom stereocenters. The Bertz CT molecular complexity index is 599. The average Bonchev–Trinajstić information content (AvgIpc) is 2.82. The summed E-state index contributed by atoms with van der Waals surface area (Å²) < 4.78 is 24.4. The Kier molecular flexibility index (Phi) is 4.68. The van der Waals surface area contributed by atoms with Crippen LogP contribution in [0.4, 0.5) is 4.39 Å². The summed E-state index contributed by atoms with van der Waals surface area (Å²) in [7, 11) is 0. The van der Waals surface area contributed by atoms with E-state index in [0.717, 1.165) is 17.1 Å². The van der Waals surface area contributed by atoms with Crippen molar-refractivity contribution >= 4 is 0 Å². The molecule has 0 unspecified atom stereocenters. The first-order chi connectivity index (χ1) is 9.83. The number of hydrogen-bond acceptors (Lipinski definition) is 3. The van der Waals surface area contributed by atoms with Gasteiger partial charge in [0.1, 0.15) is 29.7 Å². The van der Waals surface area contributed by atoms with Gasteiger partial charge in [-0.25, -0.2) is 4.39 Å². The van der Waals surface area contributed by atoms with Crippen molar-refractivity contribution in [1.82, 2.24) is 5.32 Å². The van der Waals surface area contributed by atoms with Gasteiger partial charge < -0.3 is 14.5 Å². The summed E-state index contributed by atoms with van der Waals surface area (Å²) in [5.74, 6) is 2.04. The molecule has 1 N–H and O–H groups in total. The average molecular weight is 291 g/mol. The highest BCUT2D eigenvalue weighted by Crippen LogP contribution is 2.20. The second-order valence-electron chi connectivity index (χ2n) is 6.17. The van der Waals surface area contributed by atoms with Crippen LogP contribution in [-0.2, 0) is 13.2 Å². The molecule has 0 aliphatic rings. The number of ether oxygens (including phenoxy) is 1. The van der Waals surface area contributed by atoms with Gasteiger partial charge in [0, 0.05) is 5.54 Å². The molecule has 1 aromatic heterocycles. The molecular formula is C17H22FNO2. The van der Waals surface area contributed by atoms with E-state index in [1.807, 2.05) is 19.1 Å². The van der Waals surface area contributed by atoms with Crippen molar-refractivity contribution in [2.75, 3.05) is 0 Å². The molecule has 0 spiro atoms. The molecule has 0 aliphatic heterocycles. The summed E-state index contributed by atoms with van der Waals surface area (Å²) in [6.07, 6.45) is 0. The van der Waals surface area contributed by atoms with E-state index in [-0.39, 0.29) is 11.4 Å². The molecule has 1 aromatic carbocycles. The smallest absolute Gasteiger partial charge is 0.146 e. The predicted molar refractivity (Wildman–Crippen MR) is 80.8 cm³/mol. The standard InChI is InChI=1S/C17H22FNO2/c1-12-9-13(18)5-8-16(12)20-11-15-7-6-14(21-15)10-19-17(2,3)4/h5-9,19H,10-11H2,1-4H3. The van der Waals surface area contributed by atoms with Crippen LogP contribution in [-0.4, -0.2) is 5.54 Å². The first kappa shape index (κ1) is 15.6. The maximum Gasteiger partial charge on any atom is 0.146 e. The van der Waals surface area contributed by atoms with Crippen molar-refractivity contribution in [2.24, 2.45) is 0 Å². The molecule has 2 rings (SSSR count). The molecule has 0 bridgehead atoms. The lowest BCUT2D eigenvalue weighted by atomic mass is 10.1. The van der Waals surface area contributed by atoms with Gasteiger partial charge in [0.05, 0.1) is 6.54 Å². The largest absolute Gasteiger partial charge is 0.485 e. The molecule has 0 saturated carbocycles. The Morgan fingerprint density at radius 1 is 1.14 bits per heavy atom. The van der Waals surface area contributed by atoms with Crippen molar-refractivity contribution in [2.45, 2.75) is 46.4 Å². The Labute approximate surface area is 125 Å². The van der Waals surface area contributed by atoms with Crippen LogP contribution in [0, 0.1) is 12.7 Å². The molecule has 21 heavy (non-hydrogen) atoms. The molecule has 0 fully saturated rings. The highest BCUT2D eigenvalue weighted by atomic mass is 19.1. The molecule has 114 valence electrons. The predicted octanol–water partition coefficient (Wildman–Crippen LogP) is 4.19. The molecular weight excluding hydrogens is 269 g/mol. The van der Waals surface area contributed by atoms with Crippen LogP contribution in [0.15, 0.2) is 34.7 Å². The summed E-state index contributed by atoms with van der Waals surface area (Å²) in [6, 6.07) is 8.32. The number of rotatable bonds is 5. The quantitative estimate of drug-likeness (QED) is 0.896. The summed E-state index contributed by atoms with van der Waals surface area (Å²) >= 11 is 0. The zero-order chi connectivity index (χ0) is 15.5.